The second-order valence-corrected chi connectivity index (χ2v) is 8.12. The normalized spacial score (nSPS) is 12.3. The molecule has 0 aliphatic rings. The van der Waals surface area contributed by atoms with E-state index >= 15 is 0 Å². The van der Waals surface area contributed by atoms with Gasteiger partial charge in [-0.15, -0.1) is 11.3 Å². The summed E-state index contributed by atoms with van der Waals surface area (Å²) in [5.74, 6) is -0.590. The van der Waals surface area contributed by atoms with Crippen LogP contribution in [0.15, 0.2) is 28.1 Å². The third-order valence-electron chi connectivity index (χ3n) is 4.69. The Balaban J connectivity index is 2.13. The molecule has 0 saturated heterocycles. The molecule has 1 unspecified atom stereocenters. The van der Waals surface area contributed by atoms with Crippen molar-refractivity contribution in [3.8, 4) is 22.8 Å². The summed E-state index contributed by atoms with van der Waals surface area (Å²) in [6, 6.07) is 4.65. The van der Waals surface area contributed by atoms with Gasteiger partial charge in [0.1, 0.15) is 17.2 Å². The number of anilines is 1. The number of aromatic hydroxyl groups is 2. The molecule has 160 valence electrons. The van der Waals surface area contributed by atoms with Crippen molar-refractivity contribution in [2.75, 3.05) is 11.9 Å². The van der Waals surface area contributed by atoms with E-state index in [1.165, 1.54) is 17.4 Å². The van der Waals surface area contributed by atoms with Crippen LogP contribution in [-0.4, -0.2) is 32.9 Å². The second-order valence-electron chi connectivity index (χ2n) is 7.20. The Labute approximate surface area is 178 Å². The van der Waals surface area contributed by atoms with Crippen LogP contribution < -0.4 is 10.6 Å². The molecule has 0 fully saturated rings. The van der Waals surface area contributed by atoms with Gasteiger partial charge in [-0.05, 0) is 48.0 Å². The molecule has 0 aliphatic heterocycles. The molecule has 1 atom stereocenters. The Morgan fingerprint density at radius 1 is 1.27 bits per heavy atom. The Bertz CT molecular complexity index is 1060. The van der Waals surface area contributed by atoms with Gasteiger partial charge >= 0.3 is 0 Å². The average molecular weight is 432 g/mol. The summed E-state index contributed by atoms with van der Waals surface area (Å²) in [4.78, 5) is 13.4. The predicted octanol–water partition coefficient (Wildman–Crippen LogP) is 4.10. The molecule has 2 aromatic heterocycles. The molecule has 3 aromatic rings. The number of aliphatic hydroxyl groups is 1. The fourth-order valence-electron chi connectivity index (χ4n) is 3.10. The van der Waals surface area contributed by atoms with E-state index < -0.39 is 6.23 Å². The molecule has 3 rings (SSSR count). The number of amides is 1. The number of phenols is 2. The zero-order valence-corrected chi connectivity index (χ0v) is 18.0. The van der Waals surface area contributed by atoms with Crippen molar-refractivity contribution < 1.29 is 24.6 Å². The van der Waals surface area contributed by atoms with Gasteiger partial charge < -0.3 is 25.2 Å². The first-order chi connectivity index (χ1) is 14.2. The van der Waals surface area contributed by atoms with E-state index in [0.29, 0.717) is 17.0 Å². The number of benzene rings is 1. The third-order valence-corrected chi connectivity index (χ3v) is 5.71. The molecule has 5 N–H and O–H groups in total. The van der Waals surface area contributed by atoms with Crippen LogP contribution in [0.5, 0.6) is 11.5 Å². The summed E-state index contributed by atoms with van der Waals surface area (Å²) in [5.41, 5.74) is 1.90. The van der Waals surface area contributed by atoms with Crippen molar-refractivity contribution in [2.45, 2.75) is 39.8 Å². The van der Waals surface area contributed by atoms with E-state index in [2.05, 4.69) is 15.8 Å². The number of rotatable bonds is 7. The van der Waals surface area contributed by atoms with Crippen molar-refractivity contribution in [1.82, 2.24) is 10.5 Å². The van der Waals surface area contributed by atoms with E-state index in [9.17, 15) is 20.1 Å². The molecule has 2 heterocycles. The first-order valence-electron chi connectivity index (χ1n) is 9.57. The quantitative estimate of drug-likeness (QED) is 0.356. The molecule has 1 amide bonds. The first kappa shape index (κ1) is 21.8. The van der Waals surface area contributed by atoms with Crippen LogP contribution in [0.25, 0.3) is 11.3 Å². The predicted molar refractivity (Wildman–Crippen MR) is 115 cm³/mol. The monoisotopic (exact) mass is 431 g/mol. The Morgan fingerprint density at radius 3 is 2.60 bits per heavy atom. The topological polar surface area (TPSA) is 128 Å². The van der Waals surface area contributed by atoms with Crippen molar-refractivity contribution >= 4 is 22.9 Å². The standard InChI is InChI=1S/C21H25N3O5S/c1-5-22-20(27)17-16(23-21(28)19-11(4)6-7-30-19)18(29-24-17)13-8-12(10(2)3)14(25)9-15(13)26/h6-10,20,22,25-27H,5H2,1-4H3,(H,23,28). The summed E-state index contributed by atoms with van der Waals surface area (Å²) in [6.07, 6.45) is -1.18. The van der Waals surface area contributed by atoms with Crippen LogP contribution >= 0.6 is 11.3 Å². The summed E-state index contributed by atoms with van der Waals surface area (Å²) in [5, 5.41) is 42.4. The van der Waals surface area contributed by atoms with Crippen LogP contribution in [0.4, 0.5) is 5.69 Å². The van der Waals surface area contributed by atoms with Gasteiger partial charge in [-0.2, -0.15) is 0 Å². The van der Waals surface area contributed by atoms with Gasteiger partial charge in [0, 0.05) is 6.07 Å². The second kappa shape index (κ2) is 8.86. The molecule has 0 aliphatic carbocycles. The number of nitrogens with zero attached hydrogens (tertiary/aromatic N) is 1. The van der Waals surface area contributed by atoms with Gasteiger partial charge in [0.25, 0.3) is 5.91 Å². The minimum atomic E-state index is -1.18. The van der Waals surface area contributed by atoms with E-state index in [-0.39, 0.29) is 46.0 Å². The number of hydrogen-bond donors (Lipinski definition) is 5. The maximum absolute atomic E-state index is 12.8. The lowest BCUT2D eigenvalue weighted by molar-refractivity contribution is 0.102. The van der Waals surface area contributed by atoms with E-state index in [1.54, 1.807) is 6.07 Å². The zero-order valence-electron chi connectivity index (χ0n) is 17.2. The Kier molecular flexibility index (Phi) is 6.45. The van der Waals surface area contributed by atoms with Crippen molar-refractivity contribution in [2.24, 2.45) is 0 Å². The van der Waals surface area contributed by atoms with Gasteiger partial charge in [-0.1, -0.05) is 25.9 Å². The van der Waals surface area contributed by atoms with Gasteiger partial charge in [0.05, 0.1) is 10.4 Å². The van der Waals surface area contributed by atoms with Crippen LogP contribution in [0.2, 0.25) is 0 Å². The lowest BCUT2D eigenvalue weighted by Gasteiger charge is -2.14. The summed E-state index contributed by atoms with van der Waals surface area (Å²) in [7, 11) is 0. The van der Waals surface area contributed by atoms with Crippen LogP contribution in [0.3, 0.4) is 0 Å². The number of carbonyl (C=O) groups is 1. The fourth-order valence-corrected chi connectivity index (χ4v) is 3.92. The van der Waals surface area contributed by atoms with Crippen molar-refractivity contribution in [3.63, 3.8) is 0 Å². The highest BCUT2D eigenvalue weighted by Crippen LogP contribution is 2.42. The molecule has 9 heteroatoms. The highest BCUT2D eigenvalue weighted by atomic mass is 32.1. The number of aliphatic hydroxyl groups excluding tert-OH is 1. The summed E-state index contributed by atoms with van der Waals surface area (Å²) in [6.45, 7) is 7.91. The van der Waals surface area contributed by atoms with Gasteiger partial charge in [0.2, 0.25) is 0 Å². The maximum Gasteiger partial charge on any atom is 0.266 e. The van der Waals surface area contributed by atoms with Crippen molar-refractivity contribution in [1.29, 1.82) is 0 Å². The SMILES string of the molecule is CCNC(O)c1noc(-c2cc(C(C)C)c(O)cc2O)c1NC(=O)c1sccc1C. The Morgan fingerprint density at radius 2 is 2.00 bits per heavy atom. The van der Waals surface area contributed by atoms with E-state index in [4.69, 9.17) is 4.52 Å². The zero-order chi connectivity index (χ0) is 22.0. The fraction of sp³-hybridized carbons (Fsp3) is 0.333. The largest absolute Gasteiger partial charge is 0.508 e. The number of aromatic nitrogens is 1. The molecule has 8 nitrogen and oxygen atoms in total. The van der Waals surface area contributed by atoms with Gasteiger partial charge in [-0.25, -0.2) is 0 Å². The van der Waals surface area contributed by atoms with E-state index in [1.807, 2.05) is 39.1 Å². The lowest BCUT2D eigenvalue weighted by Crippen LogP contribution is -2.22. The lowest BCUT2D eigenvalue weighted by atomic mass is 9.97. The minimum absolute atomic E-state index is 0.0223. The first-order valence-corrected chi connectivity index (χ1v) is 10.4. The molecular weight excluding hydrogens is 406 g/mol. The summed E-state index contributed by atoms with van der Waals surface area (Å²) < 4.78 is 5.45. The van der Waals surface area contributed by atoms with Gasteiger partial charge in [0.15, 0.2) is 17.7 Å². The third kappa shape index (κ3) is 4.18. The van der Waals surface area contributed by atoms with Crippen LogP contribution in [0, 0.1) is 6.92 Å². The average Bonchev–Trinajstić information content (AvgIpc) is 3.28. The molecular formula is C21H25N3O5S. The highest BCUT2D eigenvalue weighted by molar-refractivity contribution is 7.12. The van der Waals surface area contributed by atoms with Crippen molar-refractivity contribution in [3.05, 3.63) is 45.3 Å². The van der Waals surface area contributed by atoms with Crippen LogP contribution in [0.1, 0.15) is 59.4 Å². The molecule has 1 aromatic carbocycles. The molecule has 30 heavy (non-hydrogen) atoms. The number of carbonyl (C=O) groups excluding carboxylic acids is 1. The number of phenolic OH excluding ortho intramolecular Hbond substituents is 2. The highest BCUT2D eigenvalue weighted by Gasteiger charge is 2.28. The number of aryl methyl sites for hydroxylation is 1. The smallest absolute Gasteiger partial charge is 0.266 e. The minimum Gasteiger partial charge on any atom is -0.508 e. The van der Waals surface area contributed by atoms with Crippen LogP contribution in [-0.2, 0) is 0 Å². The number of thiophene rings is 1. The molecule has 0 radical (unpaired) electrons. The van der Waals surface area contributed by atoms with E-state index in [0.717, 1.165) is 5.56 Å². The number of hydrogen-bond acceptors (Lipinski definition) is 8. The summed E-state index contributed by atoms with van der Waals surface area (Å²) >= 11 is 1.29. The maximum atomic E-state index is 12.8. The number of nitrogens with one attached hydrogen (secondary N) is 2. The molecule has 0 saturated carbocycles. The van der Waals surface area contributed by atoms with Gasteiger partial charge in [-0.3, -0.25) is 10.1 Å². The molecule has 0 spiro atoms. The Hall–Kier alpha value is -2.88. The molecule has 0 bridgehead atoms.